The van der Waals surface area contributed by atoms with E-state index in [0.29, 0.717) is 11.6 Å². The highest BCUT2D eigenvalue weighted by molar-refractivity contribution is 7.12. The van der Waals surface area contributed by atoms with Gasteiger partial charge in [0, 0.05) is 4.88 Å². The number of thiazole rings is 1. The minimum absolute atomic E-state index is 0.302. The fraction of sp³-hybridized carbons (Fsp3) is 0.600. The topological polar surface area (TPSA) is 50.2 Å². The molecule has 1 heterocycles. The van der Waals surface area contributed by atoms with Gasteiger partial charge in [0.15, 0.2) is 5.69 Å². The summed E-state index contributed by atoms with van der Waals surface area (Å²) in [5.41, 5.74) is 0.302. The molecule has 1 aliphatic rings. The molecule has 3 nitrogen and oxygen atoms in total. The molecule has 0 saturated heterocycles. The van der Waals surface area contributed by atoms with Crippen molar-refractivity contribution in [1.29, 1.82) is 0 Å². The highest BCUT2D eigenvalue weighted by atomic mass is 32.1. The monoisotopic (exact) mass is 211 g/mol. The third kappa shape index (κ3) is 1.54. The lowest BCUT2D eigenvalue weighted by molar-refractivity contribution is 0.0688. The number of nitrogens with zero attached hydrogens (tertiary/aromatic N) is 1. The van der Waals surface area contributed by atoms with Gasteiger partial charge < -0.3 is 5.11 Å². The van der Waals surface area contributed by atoms with Crippen molar-refractivity contribution < 1.29 is 9.90 Å². The second kappa shape index (κ2) is 3.69. The van der Waals surface area contributed by atoms with Gasteiger partial charge in [-0.1, -0.05) is 13.3 Å². The normalized spacial score (nSPS) is 16.6. The fourth-order valence-corrected chi connectivity index (χ4v) is 2.80. The molecule has 0 unspecified atom stereocenters. The van der Waals surface area contributed by atoms with Gasteiger partial charge in [0.05, 0.1) is 5.01 Å². The van der Waals surface area contributed by atoms with Crippen LogP contribution in [0.2, 0.25) is 0 Å². The molecule has 0 amide bonds. The van der Waals surface area contributed by atoms with Gasteiger partial charge in [-0.25, -0.2) is 9.78 Å². The first-order chi connectivity index (χ1) is 6.72. The summed E-state index contributed by atoms with van der Waals surface area (Å²) in [6, 6.07) is 0. The molecule has 2 rings (SSSR count). The molecule has 76 valence electrons. The van der Waals surface area contributed by atoms with Crippen LogP contribution in [0.5, 0.6) is 0 Å². The Hall–Kier alpha value is -0.900. The number of carbonyl (C=O) groups is 1. The third-order valence-electron chi connectivity index (χ3n) is 2.68. The van der Waals surface area contributed by atoms with Crippen LogP contribution in [0.1, 0.15) is 52.5 Å². The molecule has 0 aromatic carbocycles. The molecule has 4 heteroatoms. The summed E-state index contributed by atoms with van der Waals surface area (Å²) in [5, 5.41) is 9.94. The van der Waals surface area contributed by atoms with E-state index in [-0.39, 0.29) is 0 Å². The van der Waals surface area contributed by atoms with Crippen LogP contribution in [0, 0.1) is 0 Å². The van der Waals surface area contributed by atoms with Gasteiger partial charge in [-0.3, -0.25) is 0 Å². The Labute approximate surface area is 86.8 Å². The lowest BCUT2D eigenvalue weighted by atomic mass is 9.84. The zero-order valence-corrected chi connectivity index (χ0v) is 8.93. The number of hydrogen-bond donors (Lipinski definition) is 1. The molecule has 1 fully saturated rings. The van der Waals surface area contributed by atoms with Crippen LogP contribution in [0.3, 0.4) is 0 Å². The van der Waals surface area contributed by atoms with Crippen molar-refractivity contribution >= 4 is 17.3 Å². The predicted octanol–water partition coefficient (Wildman–Crippen LogP) is 2.67. The van der Waals surface area contributed by atoms with Gasteiger partial charge in [0.2, 0.25) is 0 Å². The van der Waals surface area contributed by atoms with Crippen molar-refractivity contribution in [3.8, 4) is 0 Å². The minimum Gasteiger partial charge on any atom is -0.476 e. The summed E-state index contributed by atoms with van der Waals surface area (Å²) in [7, 11) is 0. The first kappa shape index (κ1) is 9.65. The second-order valence-electron chi connectivity index (χ2n) is 3.61. The molecule has 0 atom stereocenters. The Bertz CT molecular complexity index is 355. The molecule has 0 aliphatic heterocycles. The Morgan fingerprint density at radius 1 is 1.64 bits per heavy atom. The number of aryl methyl sites for hydroxylation is 1. The average molecular weight is 211 g/mol. The second-order valence-corrected chi connectivity index (χ2v) is 4.72. The summed E-state index contributed by atoms with van der Waals surface area (Å²) in [5.74, 6) is -0.401. The third-order valence-corrected chi connectivity index (χ3v) is 4.04. The maximum Gasteiger partial charge on any atom is 0.355 e. The van der Waals surface area contributed by atoms with E-state index in [1.54, 1.807) is 11.3 Å². The summed E-state index contributed by atoms with van der Waals surface area (Å²) in [4.78, 5) is 16.1. The van der Waals surface area contributed by atoms with E-state index in [0.717, 1.165) is 29.1 Å². The zero-order chi connectivity index (χ0) is 10.1. The molecule has 1 aromatic heterocycles. The molecule has 0 radical (unpaired) electrons. The molecule has 0 spiro atoms. The SMILES string of the molecule is CCc1nc(C(=O)O)c(C2CCC2)s1. The lowest BCUT2D eigenvalue weighted by Crippen LogP contribution is -2.11. The number of aromatic nitrogens is 1. The van der Waals surface area contributed by atoms with Gasteiger partial charge >= 0.3 is 5.97 Å². The first-order valence-corrected chi connectivity index (χ1v) is 5.77. The van der Waals surface area contributed by atoms with E-state index >= 15 is 0 Å². The van der Waals surface area contributed by atoms with Crippen molar-refractivity contribution in [2.45, 2.75) is 38.5 Å². The van der Waals surface area contributed by atoms with E-state index in [1.165, 1.54) is 6.42 Å². The molecule has 1 saturated carbocycles. The largest absolute Gasteiger partial charge is 0.476 e. The zero-order valence-electron chi connectivity index (χ0n) is 8.12. The van der Waals surface area contributed by atoms with E-state index in [9.17, 15) is 4.79 Å². The summed E-state index contributed by atoms with van der Waals surface area (Å²) >= 11 is 1.58. The Morgan fingerprint density at radius 3 is 2.79 bits per heavy atom. The Morgan fingerprint density at radius 2 is 2.36 bits per heavy atom. The molecule has 1 N–H and O–H groups in total. The smallest absolute Gasteiger partial charge is 0.355 e. The Kier molecular flexibility index (Phi) is 2.54. The van der Waals surface area contributed by atoms with Crippen molar-refractivity contribution in [3.05, 3.63) is 15.6 Å². The van der Waals surface area contributed by atoms with Gasteiger partial charge in [-0.05, 0) is 25.2 Å². The van der Waals surface area contributed by atoms with Gasteiger partial charge in [-0.15, -0.1) is 11.3 Å². The summed E-state index contributed by atoms with van der Waals surface area (Å²) in [6.45, 7) is 2.01. The van der Waals surface area contributed by atoms with E-state index < -0.39 is 5.97 Å². The quantitative estimate of drug-likeness (QED) is 0.836. The van der Waals surface area contributed by atoms with Crippen LogP contribution in [0.25, 0.3) is 0 Å². The van der Waals surface area contributed by atoms with Crippen LogP contribution in [0.4, 0.5) is 0 Å². The maximum atomic E-state index is 10.9. The molecule has 14 heavy (non-hydrogen) atoms. The number of hydrogen-bond acceptors (Lipinski definition) is 3. The highest BCUT2D eigenvalue weighted by Crippen LogP contribution is 2.41. The minimum atomic E-state index is -0.872. The summed E-state index contributed by atoms with van der Waals surface area (Å²) in [6.07, 6.45) is 4.32. The fourth-order valence-electron chi connectivity index (χ4n) is 1.63. The van der Waals surface area contributed by atoms with Gasteiger partial charge in [-0.2, -0.15) is 0 Å². The molecule has 1 aromatic rings. The molecule has 1 aliphatic carbocycles. The predicted molar refractivity (Wildman–Crippen MR) is 55.0 cm³/mol. The van der Waals surface area contributed by atoms with Crippen molar-refractivity contribution in [2.24, 2.45) is 0 Å². The van der Waals surface area contributed by atoms with Crippen molar-refractivity contribution in [2.75, 3.05) is 0 Å². The summed E-state index contributed by atoms with van der Waals surface area (Å²) < 4.78 is 0. The van der Waals surface area contributed by atoms with Gasteiger partial charge in [0.25, 0.3) is 0 Å². The van der Waals surface area contributed by atoms with E-state index in [1.807, 2.05) is 6.92 Å². The highest BCUT2D eigenvalue weighted by Gasteiger charge is 2.28. The van der Waals surface area contributed by atoms with Crippen LogP contribution in [-0.4, -0.2) is 16.1 Å². The molecule has 0 bridgehead atoms. The number of carboxylic acids is 1. The lowest BCUT2D eigenvalue weighted by Gasteiger charge is -2.24. The standard InChI is InChI=1S/C10H13NO2S/c1-2-7-11-8(10(12)13)9(14-7)6-4-3-5-6/h6H,2-5H2,1H3,(H,12,13). The maximum absolute atomic E-state index is 10.9. The average Bonchev–Trinajstić information content (AvgIpc) is 2.45. The van der Waals surface area contributed by atoms with Crippen LogP contribution in [-0.2, 0) is 6.42 Å². The number of carboxylic acid groups (broad SMARTS) is 1. The van der Waals surface area contributed by atoms with Crippen molar-refractivity contribution in [1.82, 2.24) is 4.98 Å². The van der Waals surface area contributed by atoms with Gasteiger partial charge in [0.1, 0.15) is 0 Å². The first-order valence-electron chi connectivity index (χ1n) is 4.95. The van der Waals surface area contributed by atoms with Crippen LogP contribution in [0.15, 0.2) is 0 Å². The molecular formula is C10H13NO2S. The number of aromatic carboxylic acids is 1. The Balaban J connectivity index is 2.34. The number of rotatable bonds is 3. The van der Waals surface area contributed by atoms with Crippen molar-refractivity contribution in [3.63, 3.8) is 0 Å². The van der Waals surface area contributed by atoms with E-state index in [4.69, 9.17) is 5.11 Å². The molecular weight excluding hydrogens is 198 g/mol. The van der Waals surface area contributed by atoms with Crippen LogP contribution >= 0.6 is 11.3 Å². The van der Waals surface area contributed by atoms with Crippen LogP contribution < -0.4 is 0 Å². The van der Waals surface area contributed by atoms with E-state index in [2.05, 4.69) is 4.98 Å².